The Hall–Kier alpha value is -2.49. The third kappa shape index (κ3) is 2.25. The van der Waals surface area contributed by atoms with E-state index in [4.69, 9.17) is 0 Å². The summed E-state index contributed by atoms with van der Waals surface area (Å²) in [7, 11) is 1.96. The highest BCUT2D eigenvalue weighted by atomic mass is 16.1. The number of rotatable bonds is 3. The number of H-pyrrole nitrogens is 1. The minimum Gasteiger partial charge on any atom is -0.361 e. The largest absolute Gasteiger partial charge is 0.361 e. The Bertz CT molecular complexity index is 724. The fraction of sp³-hybridized carbons (Fsp3) is 0.133. The van der Waals surface area contributed by atoms with Gasteiger partial charge in [-0.15, -0.1) is 0 Å². The summed E-state index contributed by atoms with van der Waals surface area (Å²) >= 11 is 0. The molecule has 0 aliphatic heterocycles. The summed E-state index contributed by atoms with van der Waals surface area (Å²) < 4.78 is 1.99. The molecule has 0 radical (unpaired) electrons. The SMILES string of the molecule is Cn1cccc1CNC(=O)c1ccc2cc[nH]c2c1. The lowest BCUT2D eigenvalue weighted by Gasteiger charge is -2.06. The van der Waals surface area contributed by atoms with Crippen molar-refractivity contribution in [3.05, 3.63) is 60.0 Å². The van der Waals surface area contributed by atoms with Crippen LogP contribution < -0.4 is 5.32 Å². The van der Waals surface area contributed by atoms with E-state index in [1.807, 2.05) is 60.4 Å². The molecule has 0 unspecified atom stereocenters. The predicted molar refractivity (Wildman–Crippen MR) is 74.9 cm³/mol. The summed E-state index contributed by atoms with van der Waals surface area (Å²) in [5.74, 6) is -0.0577. The first-order valence-electron chi connectivity index (χ1n) is 6.19. The fourth-order valence-electron chi connectivity index (χ4n) is 2.14. The van der Waals surface area contributed by atoms with Crippen LogP contribution in [-0.2, 0) is 13.6 Å². The third-order valence-corrected chi connectivity index (χ3v) is 3.30. The molecule has 2 heterocycles. The van der Waals surface area contributed by atoms with Gasteiger partial charge in [0.2, 0.25) is 0 Å². The smallest absolute Gasteiger partial charge is 0.251 e. The average molecular weight is 253 g/mol. The zero-order chi connectivity index (χ0) is 13.2. The van der Waals surface area contributed by atoms with Crippen LogP contribution >= 0.6 is 0 Å². The molecule has 0 atom stereocenters. The second-order valence-electron chi connectivity index (χ2n) is 4.57. The number of aromatic amines is 1. The van der Waals surface area contributed by atoms with Crippen LogP contribution in [0, 0.1) is 0 Å². The van der Waals surface area contributed by atoms with Gasteiger partial charge in [-0.2, -0.15) is 0 Å². The molecule has 3 aromatic rings. The zero-order valence-corrected chi connectivity index (χ0v) is 10.7. The summed E-state index contributed by atoms with van der Waals surface area (Å²) in [4.78, 5) is 15.2. The van der Waals surface area contributed by atoms with E-state index >= 15 is 0 Å². The zero-order valence-electron chi connectivity index (χ0n) is 10.7. The molecule has 4 heteroatoms. The molecule has 19 heavy (non-hydrogen) atoms. The van der Waals surface area contributed by atoms with Crippen molar-refractivity contribution in [2.45, 2.75) is 6.54 Å². The molecule has 0 aliphatic rings. The second kappa shape index (κ2) is 4.65. The minimum atomic E-state index is -0.0577. The number of amides is 1. The van der Waals surface area contributed by atoms with Crippen LogP contribution in [0.15, 0.2) is 48.8 Å². The summed E-state index contributed by atoms with van der Waals surface area (Å²) in [5, 5.41) is 4.04. The van der Waals surface area contributed by atoms with Gasteiger partial charge in [0.05, 0.1) is 6.54 Å². The third-order valence-electron chi connectivity index (χ3n) is 3.30. The number of nitrogens with one attached hydrogen (secondary N) is 2. The standard InChI is InChI=1S/C15H15N3O/c1-18-8-2-3-13(18)10-17-15(19)12-5-4-11-6-7-16-14(11)9-12/h2-9,16H,10H2,1H3,(H,17,19). The molecule has 0 fully saturated rings. The summed E-state index contributed by atoms with van der Waals surface area (Å²) in [6.45, 7) is 0.533. The van der Waals surface area contributed by atoms with Crippen molar-refractivity contribution in [1.29, 1.82) is 0 Å². The number of hydrogen-bond donors (Lipinski definition) is 2. The molecule has 4 nitrogen and oxygen atoms in total. The molecule has 0 spiro atoms. The molecule has 0 aliphatic carbocycles. The van der Waals surface area contributed by atoms with Crippen molar-refractivity contribution in [3.8, 4) is 0 Å². The van der Waals surface area contributed by atoms with Gasteiger partial charge in [0.25, 0.3) is 5.91 Å². The lowest BCUT2D eigenvalue weighted by molar-refractivity contribution is 0.0950. The van der Waals surface area contributed by atoms with Crippen LogP contribution in [0.25, 0.3) is 10.9 Å². The molecule has 0 saturated heterocycles. The molecule has 2 aromatic heterocycles. The van der Waals surface area contributed by atoms with E-state index in [2.05, 4.69) is 10.3 Å². The lowest BCUT2D eigenvalue weighted by atomic mass is 10.1. The van der Waals surface area contributed by atoms with Gasteiger partial charge in [0, 0.05) is 36.2 Å². The molecule has 1 amide bonds. The average Bonchev–Trinajstić information content (AvgIpc) is 3.03. The van der Waals surface area contributed by atoms with E-state index in [0.717, 1.165) is 16.6 Å². The summed E-state index contributed by atoms with van der Waals surface area (Å²) in [6, 6.07) is 11.6. The Morgan fingerprint density at radius 1 is 1.32 bits per heavy atom. The number of benzene rings is 1. The Balaban J connectivity index is 1.74. The first-order valence-corrected chi connectivity index (χ1v) is 6.19. The number of fused-ring (bicyclic) bond motifs is 1. The molecule has 96 valence electrons. The van der Waals surface area contributed by atoms with Crippen LogP contribution in [0.5, 0.6) is 0 Å². The van der Waals surface area contributed by atoms with Gasteiger partial charge in [-0.05, 0) is 35.7 Å². The highest BCUT2D eigenvalue weighted by molar-refractivity contribution is 5.97. The molecule has 1 aromatic carbocycles. The van der Waals surface area contributed by atoms with Gasteiger partial charge < -0.3 is 14.9 Å². The van der Waals surface area contributed by atoms with Gasteiger partial charge in [-0.25, -0.2) is 0 Å². The maximum absolute atomic E-state index is 12.1. The maximum atomic E-state index is 12.1. The Kier molecular flexibility index (Phi) is 2.83. The van der Waals surface area contributed by atoms with E-state index in [1.54, 1.807) is 0 Å². The predicted octanol–water partition coefficient (Wildman–Crippen LogP) is 2.44. The van der Waals surface area contributed by atoms with Crippen LogP contribution in [0.1, 0.15) is 16.1 Å². The highest BCUT2D eigenvalue weighted by Gasteiger charge is 2.07. The number of aromatic nitrogens is 2. The summed E-state index contributed by atoms with van der Waals surface area (Å²) in [6.07, 6.45) is 3.84. The van der Waals surface area contributed by atoms with Gasteiger partial charge in [0.1, 0.15) is 0 Å². The number of carbonyl (C=O) groups excluding carboxylic acids is 1. The van der Waals surface area contributed by atoms with Crippen LogP contribution in [0.2, 0.25) is 0 Å². The van der Waals surface area contributed by atoms with E-state index in [0.29, 0.717) is 12.1 Å². The Labute approximate surface area is 111 Å². The van der Waals surface area contributed by atoms with Crippen molar-refractivity contribution in [2.24, 2.45) is 7.05 Å². The highest BCUT2D eigenvalue weighted by Crippen LogP contribution is 2.14. The van der Waals surface area contributed by atoms with E-state index < -0.39 is 0 Å². The number of carbonyl (C=O) groups is 1. The lowest BCUT2D eigenvalue weighted by Crippen LogP contribution is -2.23. The first-order chi connectivity index (χ1) is 9.24. The van der Waals surface area contributed by atoms with E-state index in [1.165, 1.54) is 0 Å². The van der Waals surface area contributed by atoms with Crippen LogP contribution in [0.4, 0.5) is 0 Å². The molecule has 0 saturated carbocycles. The fourth-order valence-corrected chi connectivity index (χ4v) is 2.14. The van der Waals surface area contributed by atoms with Crippen molar-refractivity contribution < 1.29 is 4.79 Å². The molecular formula is C15H15N3O. The number of hydrogen-bond acceptors (Lipinski definition) is 1. The van der Waals surface area contributed by atoms with Gasteiger partial charge >= 0.3 is 0 Å². The van der Waals surface area contributed by atoms with Gasteiger partial charge in [-0.3, -0.25) is 4.79 Å². The normalized spacial score (nSPS) is 10.8. The Morgan fingerprint density at radius 2 is 2.21 bits per heavy atom. The molecule has 2 N–H and O–H groups in total. The van der Waals surface area contributed by atoms with E-state index in [-0.39, 0.29) is 5.91 Å². The quantitative estimate of drug-likeness (QED) is 0.740. The first kappa shape index (κ1) is 11.6. The molecule has 0 bridgehead atoms. The van der Waals surface area contributed by atoms with Crippen molar-refractivity contribution in [2.75, 3.05) is 0 Å². The van der Waals surface area contributed by atoms with Gasteiger partial charge in [0.15, 0.2) is 0 Å². The maximum Gasteiger partial charge on any atom is 0.251 e. The second-order valence-corrected chi connectivity index (χ2v) is 4.57. The molecule has 3 rings (SSSR count). The minimum absolute atomic E-state index is 0.0577. The van der Waals surface area contributed by atoms with Crippen molar-refractivity contribution in [1.82, 2.24) is 14.9 Å². The monoisotopic (exact) mass is 253 g/mol. The van der Waals surface area contributed by atoms with Crippen molar-refractivity contribution >= 4 is 16.8 Å². The van der Waals surface area contributed by atoms with Crippen LogP contribution in [-0.4, -0.2) is 15.5 Å². The number of aryl methyl sites for hydroxylation is 1. The van der Waals surface area contributed by atoms with Crippen molar-refractivity contribution in [3.63, 3.8) is 0 Å². The molecular weight excluding hydrogens is 238 g/mol. The topological polar surface area (TPSA) is 49.8 Å². The Morgan fingerprint density at radius 3 is 3.00 bits per heavy atom. The van der Waals surface area contributed by atoms with Gasteiger partial charge in [-0.1, -0.05) is 6.07 Å². The summed E-state index contributed by atoms with van der Waals surface area (Å²) in [5.41, 5.74) is 2.73. The van der Waals surface area contributed by atoms with Crippen LogP contribution in [0.3, 0.4) is 0 Å². The van der Waals surface area contributed by atoms with E-state index in [9.17, 15) is 4.79 Å². The number of nitrogens with zero attached hydrogens (tertiary/aromatic N) is 1.